The summed E-state index contributed by atoms with van der Waals surface area (Å²) in [5.74, 6) is -2.53. The molecular weight excluding hydrogens is 289 g/mol. The van der Waals surface area contributed by atoms with E-state index >= 15 is 0 Å². The first-order chi connectivity index (χ1) is 9.27. The highest BCUT2D eigenvalue weighted by Gasteiger charge is 2.20. The fourth-order valence-electron chi connectivity index (χ4n) is 1.62. The van der Waals surface area contributed by atoms with Crippen molar-refractivity contribution in [1.82, 2.24) is 4.72 Å². The monoisotopic (exact) mass is 305 g/mol. The lowest BCUT2D eigenvalue weighted by Gasteiger charge is -2.14. The van der Waals surface area contributed by atoms with Gasteiger partial charge < -0.3 is 10.2 Å². The van der Waals surface area contributed by atoms with E-state index in [0.717, 1.165) is 18.2 Å². The van der Waals surface area contributed by atoms with E-state index in [1.54, 1.807) is 6.92 Å². The Balaban J connectivity index is 2.98. The third kappa shape index (κ3) is 4.26. The maximum absolute atomic E-state index is 13.2. The SMILES string of the molecule is CC(CCCO)NS(=O)(=O)c1ccc(F)c(C(=O)O)c1. The summed E-state index contributed by atoms with van der Waals surface area (Å²) in [5.41, 5.74) is -0.698. The van der Waals surface area contributed by atoms with Crippen LogP contribution in [0.15, 0.2) is 23.1 Å². The predicted molar refractivity (Wildman–Crippen MR) is 69.5 cm³/mol. The number of hydrogen-bond donors (Lipinski definition) is 3. The van der Waals surface area contributed by atoms with E-state index in [2.05, 4.69) is 4.72 Å². The number of aromatic carboxylic acids is 1. The van der Waals surface area contributed by atoms with Gasteiger partial charge in [-0.2, -0.15) is 0 Å². The summed E-state index contributed by atoms with van der Waals surface area (Å²) >= 11 is 0. The van der Waals surface area contributed by atoms with Gasteiger partial charge in [0.15, 0.2) is 0 Å². The Morgan fingerprint density at radius 1 is 1.45 bits per heavy atom. The molecule has 8 heteroatoms. The average Bonchev–Trinajstić information content (AvgIpc) is 2.35. The van der Waals surface area contributed by atoms with Gasteiger partial charge >= 0.3 is 5.97 Å². The summed E-state index contributed by atoms with van der Waals surface area (Å²) < 4.78 is 39.6. The lowest BCUT2D eigenvalue weighted by atomic mass is 10.2. The van der Waals surface area contributed by atoms with Crippen molar-refractivity contribution in [2.75, 3.05) is 6.61 Å². The zero-order chi connectivity index (χ0) is 15.3. The van der Waals surface area contributed by atoms with Crippen LogP contribution in [-0.4, -0.2) is 37.2 Å². The minimum atomic E-state index is -3.92. The van der Waals surface area contributed by atoms with Crippen LogP contribution in [0.4, 0.5) is 4.39 Å². The molecule has 0 saturated carbocycles. The Morgan fingerprint density at radius 3 is 2.65 bits per heavy atom. The van der Waals surface area contributed by atoms with Gasteiger partial charge in [0.25, 0.3) is 0 Å². The van der Waals surface area contributed by atoms with E-state index in [9.17, 15) is 17.6 Å². The lowest BCUT2D eigenvalue weighted by molar-refractivity contribution is 0.0691. The quantitative estimate of drug-likeness (QED) is 0.696. The van der Waals surface area contributed by atoms with Crippen molar-refractivity contribution in [2.24, 2.45) is 0 Å². The molecule has 0 amide bonds. The smallest absolute Gasteiger partial charge is 0.338 e. The van der Waals surface area contributed by atoms with Gasteiger partial charge in [-0.15, -0.1) is 0 Å². The third-order valence-corrected chi connectivity index (χ3v) is 4.22. The maximum Gasteiger partial charge on any atom is 0.338 e. The van der Waals surface area contributed by atoms with E-state index in [4.69, 9.17) is 10.2 Å². The van der Waals surface area contributed by atoms with Crippen molar-refractivity contribution in [3.8, 4) is 0 Å². The van der Waals surface area contributed by atoms with Crippen LogP contribution in [0.25, 0.3) is 0 Å². The molecule has 112 valence electrons. The van der Waals surface area contributed by atoms with Crippen molar-refractivity contribution >= 4 is 16.0 Å². The number of sulfonamides is 1. The molecule has 0 fully saturated rings. The summed E-state index contributed by atoms with van der Waals surface area (Å²) in [4.78, 5) is 10.5. The Morgan fingerprint density at radius 2 is 2.10 bits per heavy atom. The van der Waals surface area contributed by atoms with Crippen LogP contribution in [0.1, 0.15) is 30.1 Å². The van der Waals surface area contributed by atoms with Crippen LogP contribution in [0.5, 0.6) is 0 Å². The number of carboxylic acids is 1. The molecule has 1 atom stereocenters. The molecule has 20 heavy (non-hydrogen) atoms. The zero-order valence-electron chi connectivity index (χ0n) is 10.8. The van der Waals surface area contributed by atoms with Gasteiger partial charge in [-0.1, -0.05) is 0 Å². The lowest BCUT2D eigenvalue weighted by Crippen LogP contribution is -2.32. The molecule has 3 N–H and O–H groups in total. The Labute approximate surface area is 116 Å². The highest BCUT2D eigenvalue weighted by molar-refractivity contribution is 7.89. The number of aliphatic hydroxyl groups is 1. The van der Waals surface area contributed by atoms with Crippen molar-refractivity contribution in [3.63, 3.8) is 0 Å². The molecule has 1 aromatic rings. The van der Waals surface area contributed by atoms with Crippen LogP contribution in [0.3, 0.4) is 0 Å². The summed E-state index contributed by atoms with van der Waals surface area (Å²) in [5, 5.41) is 17.4. The molecule has 0 saturated heterocycles. The van der Waals surface area contributed by atoms with E-state index in [0.29, 0.717) is 12.8 Å². The van der Waals surface area contributed by atoms with Gasteiger partial charge in [-0.25, -0.2) is 22.3 Å². The Kier molecular flexibility index (Phi) is 5.61. The van der Waals surface area contributed by atoms with Crippen LogP contribution >= 0.6 is 0 Å². The van der Waals surface area contributed by atoms with Gasteiger partial charge in [0.1, 0.15) is 5.82 Å². The van der Waals surface area contributed by atoms with Crippen LogP contribution in [0.2, 0.25) is 0 Å². The first kappa shape index (κ1) is 16.5. The summed E-state index contributed by atoms with van der Waals surface area (Å²) in [6.07, 6.45) is 0.871. The van der Waals surface area contributed by atoms with Crippen molar-refractivity contribution in [3.05, 3.63) is 29.6 Å². The number of nitrogens with one attached hydrogen (secondary N) is 1. The number of hydrogen-bond acceptors (Lipinski definition) is 4. The average molecular weight is 305 g/mol. The van der Waals surface area contributed by atoms with E-state index in [1.807, 2.05) is 0 Å². The number of rotatable bonds is 7. The molecular formula is C12H16FNO5S. The normalized spacial score (nSPS) is 13.2. The topological polar surface area (TPSA) is 104 Å². The van der Waals surface area contributed by atoms with Crippen molar-refractivity contribution in [2.45, 2.75) is 30.7 Å². The maximum atomic E-state index is 13.2. The summed E-state index contributed by atoms with van der Waals surface area (Å²) in [7, 11) is -3.92. The third-order valence-electron chi connectivity index (χ3n) is 2.63. The van der Waals surface area contributed by atoms with Gasteiger partial charge in [-0.05, 0) is 38.0 Å². The number of carboxylic acid groups (broad SMARTS) is 1. The largest absolute Gasteiger partial charge is 0.478 e. The highest BCUT2D eigenvalue weighted by Crippen LogP contribution is 2.16. The van der Waals surface area contributed by atoms with Crippen molar-refractivity contribution < 1.29 is 27.8 Å². The van der Waals surface area contributed by atoms with Crippen LogP contribution in [0, 0.1) is 5.82 Å². The molecule has 6 nitrogen and oxygen atoms in total. The second kappa shape index (κ2) is 6.78. The molecule has 1 rings (SSSR count). The van der Waals surface area contributed by atoms with E-state index in [-0.39, 0.29) is 11.5 Å². The molecule has 1 unspecified atom stereocenters. The minimum absolute atomic E-state index is 0.0498. The highest BCUT2D eigenvalue weighted by atomic mass is 32.2. The first-order valence-electron chi connectivity index (χ1n) is 5.94. The molecule has 0 spiro atoms. The number of halogens is 1. The molecule has 0 aliphatic rings. The first-order valence-corrected chi connectivity index (χ1v) is 7.42. The summed E-state index contributed by atoms with van der Waals surface area (Å²) in [6.45, 7) is 1.57. The predicted octanol–water partition coefficient (Wildman–Crippen LogP) is 0.963. The van der Waals surface area contributed by atoms with Crippen LogP contribution in [-0.2, 0) is 10.0 Å². The molecule has 0 aliphatic heterocycles. The zero-order valence-corrected chi connectivity index (χ0v) is 11.7. The second-order valence-electron chi connectivity index (χ2n) is 4.33. The summed E-state index contributed by atoms with van der Waals surface area (Å²) in [6, 6.07) is 2.16. The Bertz CT molecular complexity index is 588. The van der Waals surface area contributed by atoms with E-state index < -0.39 is 33.4 Å². The Hall–Kier alpha value is -1.51. The molecule has 1 aromatic carbocycles. The van der Waals surface area contributed by atoms with Crippen LogP contribution < -0.4 is 4.72 Å². The molecule has 0 aliphatic carbocycles. The number of carbonyl (C=O) groups is 1. The van der Waals surface area contributed by atoms with Gasteiger partial charge in [0.2, 0.25) is 10.0 Å². The number of benzene rings is 1. The molecule has 0 heterocycles. The fraction of sp³-hybridized carbons (Fsp3) is 0.417. The second-order valence-corrected chi connectivity index (χ2v) is 6.05. The van der Waals surface area contributed by atoms with E-state index in [1.165, 1.54) is 0 Å². The fourth-order valence-corrected chi connectivity index (χ4v) is 2.93. The molecule has 0 bridgehead atoms. The number of aliphatic hydroxyl groups excluding tert-OH is 1. The van der Waals surface area contributed by atoms with Gasteiger partial charge in [0, 0.05) is 12.6 Å². The van der Waals surface area contributed by atoms with Crippen molar-refractivity contribution in [1.29, 1.82) is 0 Å². The minimum Gasteiger partial charge on any atom is -0.478 e. The standard InChI is InChI=1S/C12H16FNO5S/c1-8(3-2-6-15)14-20(18,19)9-4-5-11(13)10(7-9)12(16)17/h4-5,7-8,14-15H,2-3,6H2,1H3,(H,16,17). The molecule has 0 radical (unpaired) electrons. The van der Waals surface area contributed by atoms with Gasteiger partial charge in [-0.3, -0.25) is 0 Å². The van der Waals surface area contributed by atoms with Gasteiger partial charge in [0.05, 0.1) is 10.5 Å². The molecule has 0 aromatic heterocycles.